The number of carboxylic acid groups (broad SMARTS) is 2. The molecule has 0 aliphatic rings. The van der Waals surface area contributed by atoms with E-state index in [9.17, 15) is 0 Å². The minimum Gasteiger partial charge on any atom is -0.473 e. The lowest BCUT2D eigenvalue weighted by Gasteiger charge is -2.08. The van der Waals surface area contributed by atoms with Gasteiger partial charge in [-0.1, -0.05) is 12.1 Å². The van der Waals surface area contributed by atoms with Crippen LogP contribution in [0.5, 0.6) is 0 Å². The zero-order chi connectivity index (χ0) is 19.9. The van der Waals surface area contributed by atoms with Crippen molar-refractivity contribution in [2.75, 3.05) is 14.1 Å². The Morgan fingerprint density at radius 1 is 0.846 bits per heavy atom. The zero-order valence-electron chi connectivity index (χ0n) is 15.4. The van der Waals surface area contributed by atoms with Gasteiger partial charge in [-0.25, -0.2) is 9.59 Å². The van der Waals surface area contributed by atoms with Crippen LogP contribution in [0.2, 0.25) is 0 Å². The number of pyridine rings is 2. The van der Waals surface area contributed by atoms with Crippen LogP contribution in [-0.2, 0) is 9.59 Å². The smallest absolute Gasteiger partial charge is 0.414 e. The van der Waals surface area contributed by atoms with Crippen LogP contribution < -0.4 is 10.6 Å². The molecule has 2 atom stereocenters. The number of rotatable bonds is 4. The Bertz CT molecular complexity index is 581. The highest BCUT2D eigenvalue weighted by atomic mass is 16.4. The normalized spacial score (nSPS) is 11.7. The molecule has 26 heavy (non-hydrogen) atoms. The van der Waals surface area contributed by atoms with Gasteiger partial charge in [0.15, 0.2) is 0 Å². The van der Waals surface area contributed by atoms with Gasteiger partial charge in [0, 0.05) is 36.9 Å². The third kappa shape index (κ3) is 10.1. The summed E-state index contributed by atoms with van der Waals surface area (Å²) in [5.41, 5.74) is 2.45. The molecular formula is C18H26N4O4. The summed E-state index contributed by atoms with van der Waals surface area (Å²) in [6, 6.07) is 8.82. The van der Waals surface area contributed by atoms with Crippen molar-refractivity contribution in [2.45, 2.75) is 25.9 Å². The number of nitrogens with zero attached hydrogens (tertiary/aromatic N) is 2. The third-order valence-electron chi connectivity index (χ3n) is 3.42. The summed E-state index contributed by atoms with van der Waals surface area (Å²) in [4.78, 5) is 26.2. The third-order valence-corrected chi connectivity index (χ3v) is 3.42. The molecular weight excluding hydrogens is 336 g/mol. The number of carboxylic acids is 2. The molecule has 0 amide bonds. The van der Waals surface area contributed by atoms with E-state index in [1.807, 2.05) is 38.6 Å². The fourth-order valence-electron chi connectivity index (χ4n) is 1.60. The molecule has 8 heteroatoms. The van der Waals surface area contributed by atoms with Gasteiger partial charge in [-0.15, -0.1) is 0 Å². The van der Waals surface area contributed by atoms with Gasteiger partial charge in [0.05, 0.1) is 0 Å². The van der Waals surface area contributed by atoms with Gasteiger partial charge in [-0.3, -0.25) is 9.97 Å². The van der Waals surface area contributed by atoms with Crippen LogP contribution in [0.15, 0.2) is 49.1 Å². The molecule has 2 unspecified atom stereocenters. The zero-order valence-corrected chi connectivity index (χ0v) is 15.4. The lowest BCUT2D eigenvalue weighted by Crippen LogP contribution is -2.12. The maximum Gasteiger partial charge on any atom is 0.414 e. The number of hydrogen-bond acceptors (Lipinski definition) is 6. The first-order valence-corrected chi connectivity index (χ1v) is 7.94. The van der Waals surface area contributed by atoms with Gasteiger partial charge in [-0.05, 0) is 51.2 Å². The molecule has 8 nitrogen and oxygen atoms in total. The van der Waals surface area contributed by atoms with Crippen LogP contribution in [0, 0.1) is 0 Å². The van der Waals surface area contributed by atoms with Crippen LogP contribution in [0.4, 0.5) is 0 Å². The van der Waals surface area contributed by atoms with Crippen LogP contribution in [0.1, 0.15) is 37.1 Å². The molecule has 0 saturated heterocycles. The molecule has 0 spiro atoms. The molecule has 2 rings (SSSR count). The Morgan fingerprint density at radius 3 is 1.38 bits per heavy atom. The number of hydrogen-bond donors (Lipinski definition) is 4. The second kappa shape index (κ2) is 13.5. The molecule has 2 aromatic heterocycles. The van der Waals surface area contributed by atoms with Crippen LogP contribution in [0.3, 0.4) is 0 Å². The van der Waals surface area contributed by atoms with Gasteiger partial charge >= 0.3 is 11.9 Å². The minimum atomic E-state index is -1.82. The Morgan fingerprint density at radius 2 is 1.19 bits per heavy atom. The molecule has 0 fully saturated rings. The largest absolute Gasteiger partial charge is 0.473 e. The topological polar surface area (TPSA) is 124 Å². The second-order valence-electron chi connectivity index (χ2n) is 5.20. The standard InChI is InChI=1S/2C8H12N2.C2H2O4/c2*1-7(9-2)8-4-3-5-10-6-8;3-1(4)2(5)6/h2*3-7,9H,1-2H3;(H,3,4)(H,5,6). The highest BCUT2D eigenvalue weighted by Gasteiger charge is 2.04. The van der Waals surface area contributed by atoms with Crippen LogP contribution >= 0.6 is 0 Å². The lowest BCUT2D eigenvalue weighted by atomic mass is 10.1. The Labute approximate surface area is 153 Å². The predicted octanol–water partition coefficient (Wildman–Crippen LogP) is 1.88. The van der Waals surface area contributed by atoms with Crippen LogP contribution in [0.25, 0.3) is 0 Å². The van der Waals surface area contributed by atoms with E-state index in [-0.39, 0.29) is 0 Å². The van der Waals surface area contributed by atoms with Crippen molar-refractivity contribution >= 4 is 11.9 Å². The summed E-state index contributed by atoms with van der Waals surface area (Å²) in [6.07, 6.45) is 7.32. The van der Waals surface area contributed by atoms with E-state index in [1.165, 1.54) is 11.1 Å². The lowest BCUT2D eigenvalue weighted by molar-refractivity contribution is -0.159. The summed E-state index contributed by atoms with van der Waals surface area (Å²) in [7, 11) is 3.88. The van der Waals surface area contributed by atoms with Gasteiger partial charge in [0.2, 0.25) is 0 Å². The number of aromatic nitrogens is 2. The van der Waals surface area contributed by atoms with E-state index in [1.54, 1.807) is 12.4 Å². The summed E-state index contributed by atoms with van der Waals surface area (Å²) in [5, 5.41) is 21.1. The van der Waals surface area contributed by atoms with Gasteiger partial charge in [0.25, 0.3) is 0 Å². The van der Waals surface area contributed by atoms with Crippen molar-refractivity contribution in [3.8, 4) is 0 Å². The summed E-state index contributed by atoms with van der Waals surface area (Å²) < 4.78 is 0. The molecule has 0 bridgehead atoms. The van der Waals surface area contributed by atoms with E-state index in [0.717, 1.165) is 0 Å². The van der Waals surface area contributed by atoms with Crippen molar-refractivity contribution in [3.63, 3.8) is 0 Å². The Hall–Kier alpha value is -2.84. The molecule has 0 saturated carbocycles. The number of nitrogens with one attached hydrogen (secondary N) is 2. The molecule has 4 N–H and O–H groups in total. The Balaban J connectivity index is 0.000000375. The highest BCUT2D eigenvalue weighted by Crippen LogP contribution is 2.08. The van der Waals surface area contributed by atoms with Crippen molar-refractivity contribution in [2.24, 2.45) is 0 Å². The molecule has 0 aliphatic heterocycles. The van der Waals surface area contributed by atoms with E-state index < -0.39 is 11.9 Å². The fourth-order valence-corrected chi connectivity index (χ4v) is 1.60. The van der Waals surface area contributed by atoms with Crippen molar-refractivity contribution < 1.29 is 19.8 Å². The van der Waals surface area contributed by atoms with E-state index >= 15 is 0 Å². The average Bonchev–Trinajstić information content (AvgIpc) is 2.69. The SMILES string of the molecule is CNC(C)c1cccnc1.CNC(C)c1cccnc1.O=C(O)C(=O)O. The summed E-state index contributed by atoms with van der Waals surface area (Å²) in [5.74, 6) is -3.65. The predicted molar refractivity (Wildman–Crippen MR) is 98.7 cm³/mol. The molecule has 2 heterocycles. The summed E-state index contributed by atoms with van der Waals surface area (Å²) in [6.45, 7) is 4.22. The Kier molecular flexibility index (Phi) is 12.0. The number of carbonyl (C=O) groups is 2. The molecule has 2 aromatic rings. The van der Waals surface area contributed by atoms with Crippen molar-refractivity contribution in [1.29, 1.82) is 0 Å². The first-order chi connectivity index (χ1) is 12.3. The highest BCUT2D eigenvalue weighted by molar-refractivity contribution is 6.27. The molecule has 0 aromatic carbocycles. The molecule has 0 aliphatic carbocycles. The van der Waals surface area contributed by atoms with Gasteiger partial charge < -0.3 is 20.8 Å². The maximum absolute atomic E-state index is 9.10. The van der Waals surface area contributed by atoms with Crippen molar-refractivity contribution in [1.82, 2.24) is 20.6 Å². The van der Waals surface area contributed by atoms with Gasteiger partial charge in [0.1, 0.15) is 0 Å². The molecule has 0 radical (unpaired) electrons. The van der Waals surface area contributed by atoms with Gasteiger partial charge in [-0.2, -0.15) is 0 Å². The quantitative estimate of drug-likeness (QED) is 0.608. The van der Waals surface area contributed by atoms with Crippen molar-refractivity contribution in [3.05, 3.63) is 60.2 Å². The maximum atomic E-state index is 9.10. The van der Waals surface area contributed by atoms with E-state index in [2.05, 4.69) is 46.6 Å². The van der Waals surface area contributed by atoms with E-state index in [4.69, 9.17) is 19.8 Å². The summed E-state index contributed by atoms with van der Waals surface area (Å²) >= 11 is 0. The minimum absolute atomic E-state index is 0.397. The fraction of sp³-hybridized carbons (Fsp3) is 0.333. The first-order valence-electron chi connectivity index (χ1n) is 7.94. The second-order valence-corrected chi connectivity index (χ2v) is 5.20. The van der Waals surface area contributed by atoms with E-state index in [0.29, 0.717) is 12.1 Å². The van der Waals surface area contributed by atoms with Crippen LogP contribution in [-0.4, -0.2) is 46.2 Å². The first kappa shape index (κ1) is 23.2. The average molecular weight is 362 g/mol. The monoisotopic (exact) mass is 362 g/mol. The molecule has 142 valence electrons. The number of aliphatic carboxylic acids is 2.